The number of hydrogen-bond acceptors (Lipinski definition) is 5. The Kier molecular flexibility index (Phi) is 5.51. The lowest BCUT2D eigenvalue weighted by atomic mass is 10.1. The molecule has 1 aromatic heterocycles. The minimum Gasteiger partial charge on any atom is -0.454 e. The van der Waals surface area contributed by atoms with E-state index < -0.39 is 0 Å². The van der Waals surface area contributed by atoms with Crippen molar-refractivity contribution in [3.8, 4) is 22.8 Å². The number of hydrogen-bond donors (Lipinski definition) is 0. The largest absolute Gasteiger partial charge is 0.454 e. The molecule has 4 rings (SSSR count). The third-order valence-electron chi connectivity index (χ3n) is 4.99. The third kappa shape index (κ3) is 4.42. The molecule has 0 bridgehead atoms. The maximum Gasteiger partial charge on any atom is 0.231 e. The van der Waals surface area contributed by atoms with Gasteiger partial charge in [-0.25, -0.2) is 4.98 Å². The van der Waals surface area contributed by atoms with Crippen LogP contribution in [0.15, 0.2) is 53.1 Å². The Morgan fingerprint density at radius 1 is 1.10 bits per heavy atom. The molecule has 0 spiro atoms. The van der Waals surface area contributed by atoms with Crippen molar-refractivity contribution in [2.45, 2.75) is 33.2 Å². The number of carbonyl (C=O) groups excluding carboxylic acids is 1. The average molecular weight is 392 g/mol. The van der Waals surface area contributed by atoms with Crippen LogP contribution >= 0.6 is 0 Å². The van der Waals surface area contributed by atoms with E-state index in [4.69, 9.17) is 13.9 Å². The fourth-order valence-electron chi connectivity index (χ4n) is 3.29. The van der Waals surface area contributed by atoms with Crippen LogP contribution < -0.4 is 9.47 Å². The summed E-state index contributed by atoms with van der Waals surface area (Å²) in [4.78, 5) is 18.8. The van der Waals surface area contributed by atoms with Crippen LogP contribution in [0.1, 0.15) is 30.4 Å². The fraction of sp³-hybridized carbons (Fsp3) is 0.304. The second-order valence-electron chi connectivity index (χ2n) is 7.08. The van der Waals surface area contributed by atoms with Gasteiger partial charge in [0.25, 0.3) is 0 Å². The van der Waals surface area contributed by atoms with Gasteiger partial charge in [0.2, 0.25) is 12.7 Å². The first-order valence-corrected chi connectivity index (χ1v) is 9.80. The van der Waals surface area contributed by atoms with Gasteiger partial charge in [0.1, 0.15) is 0 Å². The number of ether oxygens (including phenoxy) is 2. The molecule has 0 fully saturated rings. The first-order valence-electron chi connectivity index (χ1n) is 9.80. The molecular weight excluding hydrogens is 368 g/mol. The molecule has 0 N–H and O–H groups in total. The molecule has 0 saturated carbocycles. The zero-order chi connectivity index (χ0) is 20.2. The SMILES string of the molecule is CCN(Cc1ccc2c(c1)OCO2)C(=O)CCc1ncc(-c2ccc(C)cc2)o1. The Bertz CT molecular complexity index is 994. The highest BCUT2D eigenvalue weighted by molar-refractivity contribution is 5.76. The van der Waals surface area contributed by atoms with Crippen LogP contribution in [0.5, 0.6) is 11.5 Å². The second kappa shape index (κ2) is 8.39. The minimum absolute atomic E-state index is 0.0697. The van der Waals surface area contributed by atoms with Gasteiger partial charge in [-0.05, 0) is 31.5 Å². The molecule has 1 aliphatic heterocycles. The first-order chi connectivity index (χ1) is 14.1. The Hall–Kier alpha value is -3.28. The monoisotopic (exact) mass is 392 g/mol. The van der Waals surface area contributed by atoms with Crippen LogP contribution in [-0.2, 0) is 17.8 Å². The highest BCUT2D eigenvalue weighted by Crippen LogP contribution is 2.32. The maximum atomic E-state index is 12.7. The van der Waals surface area contributed by atoms with Crippen molar-refractivity contribution in [3.05, 3.63) is 65.7 Å². The fourth-order valence-corrected chi connectivity index (χ4v) is 3.29. The van der Waals surface area contributed by atoms with Crippen LogP contribution in [0, 0.1) is 6.92 Å². The first kappa shape index (κ1) is 19.1. The van der Waals surface area contributed by atoms with E-state index in [-0.39, 0.29) is 12.7 Å². The number of aromatic nitrogens is 1. The van der Waals surface area contributed by atoms with E-state index in [1.807, 2.05) is 61.2 Å². The summed E-state index contributed by atoms with van der Waals surface area (Å²) in [6.45, 7) is 5.44. The van der Waals surface area contributed by atoms with Gasteiger partial charge in [0.15, 0.2) is 23.1 Å². The molecule has 0 radical (unpaired) electrons. The summed E-state index contributed by atoms with van der Waals surface area (Å²) >= 11 is 0. The van der Waals surface area contributed by atoms with E-state index in [1.54, 1.807) is 6.20 Å². The number of nitrogens with zero attached hydrogens (tertiary/aromatic N) is 2. The molecule has 150 valence electrons. The molecule has 1 amide bonds. The molecule has 29 heavy (non-hydrogen) atoms. The summed E-state index contributed by atoms with van der Waals surface area (Å²) in [6, 6.07) is 13.9. The normalized spacial score (nSPS) is 12.2. The van der Waals surface area contributed by atoms with Crippen molar-refractivity contribution in [3.63, 3.8) is 0 Å². The molecule has 2 aromatic carbocycles. The number of fused-ring (bicyclic) bond motifs is 1. The lowest BCUT2D eigenvalue weighted by Crippen LogP contribution is -2.30. The highest BCUT2D eigenvalue weighted by Gasteiger charge is 2.17. The number of amides is 1. The molecule has 0 aliphatic carbocycles. The van der Waals surface area contributed by atoms with Crippen molar-refractivity contribution in [2.24, 2.45) is 0 Å². The van der Waals surface area contributed by atoms with Crippen LogP contribution in [0.2, 0.25) is 0 Å². The maximum absolute atomic E-state index is 12.7. The summed E-state index contributed by atoms with van der Waals surface area (Å²) in [7, 11) is 0. The lowest BCUT2D eigenvalue weighted by molar-refractivity contribution is -0.131. The molecule has 3 aromatic rings. The Morgan fingerprint density at radius 2 is 1.90 bits per heavy atom. The topological polar surface area (TPSA) is 64.8 Å². The van der Waals surface area contributed by atoms with Crippen molar-refractivity contribution >= 4 is 5.91 Å². The molecule has 2 heterocycles. The summed E-state index contributed by atoms with van der Waals surface area (Å²) in [5.41, 5.74) is 3.20. The summed E-state index contributed by atoms with van der Waals surface area (Å²) < 4.78 is 16.6. The molecule has 0 saturated heterocycles. The molecule has 6 heteroatoms. The van der Waals surface area contributed by atoms with Crippen LogP contribution in [0.3, 0.4) is 0 Å². The molecule has 0 atom stereocenters. The number of benzene rings is 2. The Labute approximate surface area is 170 Å². The summed E-state index contributed by atoms with van der Waals surface area (Å²) in [6.07, 6.45) is 2.54. The van der Waals surface area contributed by atoms with Gasteiger partial charge in [0, 0.05) is 31.5 Å². The van der Waals surface area contributed by atoms with E-state index >= 15 is 0 Å². The zero-order valence-electron chi connectivity index (χ0n) is 16.7. The van der Waals surface area contributed by atoms with Gasteiger partial charge >= 0.3 is 0 Å². The van der Waals surface area contributed by atoms with E-state index in [9.17, 15) is 4.79 Å². The number of carbonyl (C=O) groups is 1. The lowest BCUT2D eigenvalue weighted by Gasteiger charge is -2.21. The van der Waals surface area contributed by atoms with Crippen molar-refractivity contribution in [1.82, 2.24) is 9.88 Å². The minimum atomic E-state index is 0.0697. The molecule has 1 aliphatic rings. The number of rotatable bonds is 7. The number of oxazole rings is 1. The quantitative estimate of drug-likeness (QED) is 0.598. The van der Waals surface area contributed by atoms with Crippen LogP contribution in [-0.4, -0.2) is 29.1 Å². The van der Waals surface area contributed by atoms with Crippen molar-refractivity contribution < 1.29 is 18.7 Å². The van der Waals surface area contributed by atoms with E-state index in [1.165, 1.54) is 5.56 Å². The van der Waals surface area contributed by atoms with Crippen LogP contribution in [0.25, 0.3) is 11.3 Å². The van der Waals surface area contributed by atoms with Gasteiger partial charge < -0.3 is 18.8 Å². The van der Waals surface area contributed by atoms with Gasteiger partial charge in [-0.2, -0.15) is 0 Å². The highest BCUT2D eigenvalue weighted by atomic mass is 16.7. The van der Waals surface area contributed by atoms with Gasteiger partial charge in [0.05, 0.1) is 6.20 Å². The average Bonchev–Trinajstić information content (AvgIpc) is 3.40. The van der Waals surface area contributed by atoms with E-state index in [0.29, 0.717) is 31.8 Å². The van der Waals surface area contributed by atoms with Gasteiger partial charge in [-0.15, -0.1) is 0 Å². The predicted molar refractivity (Wildman–Crippen MR) is 109 cm³/mol. The van der Waals surface area contributed by atoms with Gasteiger partial charge in [-0.1, -0.05) is 35.9 Å². The molecule has 0 unspecified atom stereocenters. The number of aryl methyl sites for hydroxylation is 2. The standard InChI is InChI=1S/C23H24N2O4/c1-3-25(14-17-6-9-19-20(12-17)28-15-27-19)23(26)11-10-22-24-13-21(29-22)18-7-4-16(2)5-8-18/h4-9,12-13H,3,10-11,14-15H2,1-2H3. The van der Waals surface area contributed by atoms with Crippen molar-refractivity contribution in [2.75, 3.05) is 13.3 Å². The Morgan fingerprint density at radius 3 is 2.69 bits per heavy atom. The third-order valence-corrected chi connectivity index (χ3v) is 4.99. The predicted octanol–water partition coefficient (Wildman–Crippen LogP) is 4.36. The van der Waals surface area contributed by atoms with Gasteiger partial charge in [-0.3, -0.25) is 4.79 Å². The Balaban J connectivity index is 1.35. The molecular formula is C23H24N2O4. The zero-order valence-corrected chi connectivity index (χ0v) is 16.7. The van der Waals surface area contributed by atoms with E-state index in [2.05, 4.69) is 4.98 Å². The smallest absolute Gasteiger partial charge is 0.231 e. The molecule has 6 nitrogen and oxygen atoms in total. The summed E-state index contributed by atoms with van der Waals surface area (Å²) in [5, 5.41) is 0. The second-order valence-corrected chi connectivity index (χ2v) is 7.08. The van der Waals surface area contributed by atoms with E-state index in [0.717, 1.165) is 28.4 Å². The summed E-state index contributed by atoms with van der Waals surface area (Å²) in [5.74, 6) is 2.85. The van der Waals surface area contributed by atoms with Crippen molar-refractivity contribution in [1.29, 1.82) is 0 Å². The van der Waals surface area contributed by atoms with Crippen LogP contribution in [0.4, 0.5) is 0 Å².